The van der Waals surface area contributed by atoms with Gasteiger partial charge in [0.05, 0.1) is 22.4 Å². The Labute approximate surface area is 302 Å². The van der Waals surface area contributed by atoms with Crippen LogP contribution in [0, 0.1) is 0 Å². The fourth-order valence-electron chi connectivity index (χ4n) is 8.58. The summed E-state index contributed by atoms with van der Waals surface area (Å²) in [6.45, 7) is 0. The molecule has 0 radical (unpaired) electrons. The summed E-state index contributed by atoms with van der Waals surface area (Å²) in [5.74, 6) is 0. The number of fused-ring (bicyclic) bond motifs is 14. The van der Waals surface area contributed by atoms with E-state index in [1.807, 2.05) is 18.2 Å². The Bertz CT molecular complexity index is 2850. The summed E-state index contributed by atoms with van der Waals surface area (Å²) in [6.07, 6.45) is 0. The van der Waals surface area contributed by atoms with Crippen molar-refractivity contribution in [2.75, 3.05) is 4.67 Å². The van der Waals surface area contributed by atoms with E-state index >= 15 is 4.57 Å². The molecule has 11 rings (SSSR count). The van der Waals surface area contributed by atoms with Gasteiger partial charge in [0.1, 0.15) is 0 Å². The minimum atomic E-state index is -3.26. The van der Waals surface area contributed by atoms with Gasteiger partial charge in [-0.05, 0) is 94.0 Å². The molecule has 0 spiro atoms. The van der Waals surface area contributed by atoms with E-state index < -0.39 is 7.29 Å². The molecule has 1 aromatic heterocycles. The first-order chi connectivity index (χ1) is 25.7. The second-order valence-corrected chi connectivity index (χ2v) is 16.2. The van der Waals surface area contributed by atoms with E-state index in [2.05, 4.69) is 179 Å². The van der Waals surface area contributed by atoms with E-state index in [1.165, 1.54) is 33.0 Å². The van der Waals surface area contributed by atoms with E-state index in [0.717, 1.165) is 61.0 Å². The maximum atomic E-state index is 15.9. The van der Waals surface area contributed by atoms with Crippen LogP contribution >= 0.6 is 7.29 Å². The second kappa shape index (κ2) is 11.0. The predicted molar refractivity (Wildman–Crippen MR) is 218 cm³/mol. The molecule has 8 aromatic carbocycles. The highest BCUT2D eigenvalue weighted by Crippen LogP contribution is 2.65. The van der Waals surface area contributed by atoms with Gasteiger partial charge in [0.25, 0.3) is 0 Å². The predicted octanol–water partition coefficient (Wildman–Crippen LogP) is 12.1. The van der Waals surface area contributed by atoms with Crippen molar-refractivity contribution in [1.82, 2.24) is 4.57 Å². The number of benzene rings is 8. The first-order valence-corrected chi connectivity index (χ1v) is 19.4. The molecule has 3 heterocycles. The van der Waals surface area contributed by atoms with Crippen LogP contribution in [-0.4, -0.2) is 4.57 Å². The standard InChI is InChI=1S/C48H31N2OP/c51-52-47-21-11-8-18-38(47)37-17-7-10-20-45(37)50(52)46-28-25-36(31-42(46)39-19-9-12-22-48(39)52)49-43-26-23-34(32-13-3-1-4-14-32)29-40(43)41-30-35(24-27-44(41)49)33-15-5-2-6-16-33/h1-31H. The molecule has 0 N–H and O–H groups in total. The van der Waals surface area contributed by atoms with E-state index in [4.69, 9.17) is 0 Å². The molecule has 0 aliphatic carbocycles. The quantitative estimate of drug-likeness (QED) is 0.173. The highest BCUT2D eigenvalue weighted by molar-refractivity contribution is 7.81. The summed E-state index contributed by atoms with van der Waals surface area (Å²) in [4.78, 5) is 0. The van der Waals surface area contributed by atoms with Gasteiger partial charge in [-0.2, -0.15) is 0 Å². The molecule has 0 fully saturated rings. The summed E-state index contributed by atoms with van der Waals surface area (Å²) in [7, 11) is -3.26. The third-order valence-electron chi connectivity index (χ3n) is 10.9. The molecular weight excluding hydrogens is 652 g/mol. The molecule has 52 heavy (non-hydrogen) atoms. The van der Waals surface area contributed by atoms with Crippen LogP contribution in [0.25, 0.3) is 72.0 Å². The van der Waals surface area contributed by atoms with Gasteiger partial charge in [-0.25, -0.2) is 0 Å². The monoisotopic (exact) mass is 682 g/mol. The molecule has 0 amide bonds. The van der Waals surface area contributed by atoms with Gasteiger partial charge >= 0.3 is 0 Å². The van der Waals surface area contributed by atoms with Crippen molar-refractivity contribution in [1.29, 1.82) is 0 Å². The molecular formula is C48H31N2OP. The fraction of sp³-hybridized carbons (Fsp3) is 0. The third kappa shape index (κ3) is 4.06. The minimum Gasteiger partial charge on any atom is -0.309 e. The maximum Gasteiger partial charge on any atom is 0.235 e. The topological polar surface area (TPSA) is 25.2 Å². The number of nitrogens with zero attached hydrogens (tertiary/aromatic N) is 2. The lowest BCUT2D eigenvalue weighted by Gasteiger charge is -2.44. The van der Waals surface area contributed by atoms with Crippen molar-refractivity contribution >= 4 is 51.1 Å². The van der Waals surface area contributed by atoms with Crippen LogP contribution in [0.3, 0.4) is 0 Å². The zero-order chi connectivity index (χ0) is 34.4. The Balaban J connectivity index is 1.17. The minimum absolute atomic E-state index is 0.879. The average Bonchev–Trinajstić information content (AvgIpc) is 3.54. The van der Waals surface area contributed by atoms with Gasteiger partial charge < -0.3 is 4.57 Å². The Morgan fingerprint density at radius 2 is 0.846 bits per heavy atom. The SMILES string of the molecule is O=P12c3ccccc3-c3ccccc3N1c1ccc(-n3c4ccc(-c5ccccc5)cc4c4cc(-c5ccccc5)ccc43)cc1-c1ccccc12. The van der Waals surface area contributed by atoms with Crippen molar-refractivity contribution in [3.8, 4) is 50.2 Å². The lowest BCUT2D eigenvalue weighted by molar-refractivity contribution is 0.586. The number of anilines is 2. The van der Waals surface area contributed by atoms with Crippen LogP contribution in [0.2, 0.25) is 0 Å². The molecule has 0 saturated heterocycles. The highest BCUT2D eigenvalue weighted by Gasteiger charge is 2.47. The van der Waals surface area contributed by atoms with Crippen LogP contribution in [0.15, 0.2) is 188 Å². The number of hydrogen-bond donors (Lipinski definition) is 0. The van der Waals surface area contributed by atoms with Gasteiger partial charge in [0, 0.05) is 38.2 Å². The van der Waals surface area contributed by atoms with Crippen molar-refractivity contribution in [2.24, 2.45) is 0 Å². The second-order valence-electron chi connectivity index (χ2n) is 13.7. The molecule has 0 bridgehead atoms. The smallest absolute Gasteiger partial charge is 0.235 e. The van der Waals surface area contributed by atoms with Crippen LogP contribution < -0.4 is 15.3 Å². The zero-order valence-corrected chi connectivity index (χ0v) is 29.0. The molecule has 244 valence electrons. The van der Waals surface area contributed by atoms with Crippen LogP contribution in [0.1, 0.15) is 0 Å². The summed E-state index contributed by atoms with van der Waals surface area (Å²) >= 11 is 0. The zero-order valence-electron chi connectivity index (χ0n) is 28.1. The van der Waals surface area contributed by atoms with Crippen LogP contribution in [0.5, 0.6) is 0 Å². The van der Waals surface area contributed by atoms with Gasteiger partial charge in [-0.1, -0.05) is 127 Å². The molecule has 0 saturated carbocycles. The largest absolute Gasteiger partial charge is 0.309 e. The Morgan fingerprint density at radius 1 is 0.365 bits per heavy atom. The number of para-hydroxylation sites is 1. The van der Waals surface area contributed by atoms with E-state index in [-0.39, 0.29) is 0 Å². The molecule has 2 aliphatic heterocycles. The molecule has 1 atom stereocenters. The molecule has 2 aliphatic rings. The summed E-state index contributed by atoms with van der Waals surface area (Å²) < 4.78 is 20.4. The normalized spacial score (nSPS) is 15.4. The van der Waals surface area contributed by atoms with Crippen molar-refractivity contribution in [3.63, 3.8) is 0 Å². The summed E-state index contributed by atoms with van der Waals surface area (Å²) in [5, 5.41) is 4.18. The average molecular weight is 683 g/mol. The first-order valence-electron chi connectivity index (χ1n) is 17.7. The van der Waals surface area contributed by atoms with Crippen LogP contribution in [0.4, 0.5) is 11.4 Å². The first kappa shape index (κ1) is 29.3. The van der Waals surface area contributed by atoms with Crippen molar-refractivity contribution in [3.05, 3.63) is 188 Å². The lowest BCUT2D eigenvalue weighted by atomic mass is 9.99. The van der Waals surface area contributed by atoms with Gasteiger partial charge in [-0.3, -0.25) is 9.24 Å². The molecule has 9 aromatic rings. The van der Waals surface area contributed by atoms with E-state index in [9.17, 15) is 0 Å². The van der Waals surface area contributed by atoms with E-state index in [1.54, 1.807) is 0 Å². The number of rotatable bonds is 3. The van der Waals surface area contributed by atoms with Gasteiger partial charge in [0.2, 0.25) is 7.29 Å². The molecule has 3 nitrogen and oxygen atoms in total. The Hall–Kier alpha value is -6.41. The van der Waals surface area contributed by atoms with E-state index in [0.29, 0.717) is 0 Å². The van der Waals surface area contributed by atoms with Crippen LogP contribution in [-0.2, 0) is 4.57 Å². The van der Waals surface area contributed by atoms with Crippen molar-refractivity contribution in [2.45, 2.75) is 0 Å². The number of aromatic nitrogens is 1. The Morgan fingerprint density at radius 3 is 1.44 bits per heavy atom. The molecule has 1 unspecified atom stereocenters. The van der Waals surface area contributed by atoms with Crippen molar-refractivity contribution < 1.29 is 4.57 Å². The maximum absolute atomic E-state index is 15.9. The highest BCUT2D eigenvalue weighted by atomic mass is 31.2. The molecule has 4 heteroatoms. The van der Waals surface area contributed by atoms with Gasteiger partial charge in [0.15, 0.2) is 0 Å². The summed E-state index contributed by atoms with van der Waals surface area (Å²) in [5.41, 5.74) is 14.3. The van der Waals surface area contributed by atoms with Gasteiger partial charge in [-0.15, -0.1) is 0 Å². The lowest BCUT2D eigenvalue weighted by Crippen LogP contribution is -2.37. The Kier molecular flexibility index (Phi) is 6.23. The fourth-order valence-corrected chi connectivity index (χ4v) is 11.8. The third-order valence-corrected chi connectivity index (χ3v) is 14.0. The number of hydrogen-bond acceptors (Lipinski definition) is 1. The summed E-state index contributed by atoms with van der Waals surface area (Å²) in [6, 6.07) is 66.5.